The average Bonchev–Trinajstić information content (AvgIpc) is 3.01. The summed E-state index contributed by atoms with van der Waals surface area (Å²) >= 11 is 1.52. The first-order chi connectivity index (χ1) is 11.3. The number of aromatic nitrogens is 2. The Kier molecular flexibility index (Phi) is 4.08. The second-order valence-corrected chi connectivity index (χ2v) is 7.45. The quantitative estimate of drug-likeness (QED) is 0.860. The van der Waals surface area contributed by atoms with Crippen LogP contribution in [0, 0.1) is 0 Å². The number of hydrogen-bond donors (Lipinski definition) is 2. The summed E-state index contributed by atoms with van der Waals surface area (Å²) < 4.78 is 2.26. The van der Waals surface area contributed by atoms with Crippen LogP contribution in [0.25, 0.3) is 0 Å². The molecule has 2 aromatic rings. The van der Waals surface area contributed by atoms with E-state index in [0.29, 0.717) is 18.5 Å². The summed E-state index contributed by atoms with van der Waals surface area (Å²) in [7, 11) is 0. The van der Waals surface area contributed by atoms with Crippen LogP contribution >= 0.6 is 11.3 Å². The molecule has 122 valence electrons. The second kappa shape index (κ2) is 6.35. The molecule has 0 aromatic carbocycles. The lowest BCUT2D eigenvalue weighted by molar-refractivity contribution is 0.251. The fourth-order valence-corrected chi connectivity index (χ4v) is 3.96. The molecule has 6 heteroatoms. The minimum absolute atomic E-state index is 0.171. The van der Waals surface area contributed by atoms with Gasteiger partial charge in [0.15, 0.2) is 0 Å². The highest BCUT2D eigenvalue weighted by atomic mass is 32.1. The SMILES string of the molecule is O=C(NCc1cc(C2CC2)n(C2CCCC2)n1)Nc1cccs1. The van der Waals surface area contributed by atoms with Crippen molar-refractivity contribution >= 4 is 22.4 Å². The van der Waals surface area contributed by atoms with Crippen molar-refractivity contribution in [1.82, 2.24) is 15.1 Å². The Morgan fingerprint density at radius 1 is 1.30 bits per heavy atom. The number of carbonyl (C=O) groups excluding carboxylic acids is 1. The van der Waals surface area contributed by atoms with E-state index in [1.54, 1.807) is 0 Å². The first-order valence-corrected chi connectivity index (χ1v) is 9.34. The smallest absolute Gasteiger partial charge is 0.320 e. The molecule has 23 heavy (non-hydrogen) atoms. The molecule has 4 rings (SSSR count). The number of anilines is 1. The van der Waals surface area contributed by atoms with Crippen LogP contribution in [0.3, 0.4) is 0 Å². The van der Waals surface area contributed by atoms with Crippen LogP contribution < -0.4 is 10.6 Å². The largest absolute Gasteiger partial charge is 0.332 e. The Balaban J connectivity index is 1.40. The lowest BCUT2D eigenvalue weighted by Crippen LogP contribution is -2.28. The van der Waals surface area contributed by atoms with Crippen molar-refractivity contribution in [3.63, 3.8) is 0 Å². The molecule has 2 saturated carbocycles. The molecule has 0 radical (unpaired) electrons. The van der Waals surface area contributed by atoms with E-state index in [9.17, 15) is 4.79 Å². The van der Waals surface area contributed by atoms with Crippen molar-refractivity contribution < 1.29 is 4.79 Å². The third-order valence-corrected chi connectivity index (χ3v) is 5.45. The standard InChI is InChI=1S/C17H22N4OS/c22-17(19-16-6-3-9-23-16)18-11-13-10-15(12-7-8-12)21(20-13)14-4-1-2-5-14/h3,6,9-10,12,14H,1-2,4-5,7-8,11H2,(H2,18,19,22). The lowest BCUT2D eigenvalue weighted by atomic mass is 10.2. The number of nitrogens with zero attached hydrogens (tertiary/aromatic N) is 2. The zero-order valence-electron chi connectivity index (χ0n) is 13.1. The van der Waals surface area contributed by atoms with E-state index < -0.39 is 0 Å². The topological polar surface area (TPSA) is 59.0 Å². The normalized spacial score (nSPS) is 18.3. The summed E-state index contributed by atoms with van der Waals surface area (Å²) in [6, 6.07) is 6.41. The van der Waals surface area contributed by atoms with Gasteiger partial charge in [-0.25, -0.2) is 4.79 Å². The molecule has 5 nitrogen and oxygen atoms in total. The number of nitrogens with one attached hydrogen (secondary N) is 2. The van der Waals surface area contributed by atoms with E-state index in [1.807, 2.05) is 17.5 Å². The summed E-state index contributed by atoms with van der Waals surface area (Å²) in [5.41, 5.74) is 2.35. The van der Waals surface area contributed by atoms with E-state index in [1.165, 1.54) is 55.6 Å². The highest BCUT2D eigenvalue weighted by Crippen LogP contribution is 2.43. The van der Waals surface area contributed by atoms with Gasteiger partial charge in [-0.1, -0.05) is 12.8 Å². The van der Waals surface area contributed by atoms with Gasteiger partial charge in [0.1, 0.15) is 0 Å². The lowest BCUT2D eigenvalue weighted by Gasteiger charge is -2.13. The molecule has 0 spiro atoms. The highest BCUT2D eigenvalue weighted by molar-refractivity contribution is 7.14. The zero-order valence-corrected chi connectivity index (χ0v) is 13.9. The predicted molar refractivity (Wildman–Crippen MR) is 91.9 cm³/mol. The molecule has 0 atom stereocenters. The third kappa shape index (κ3) is 3.42. The molecule has 2 aliphatic carbocycles. The summed E-state index contributed by atoms with van der Waals surface area (Å²) in [5, 5.41) is 13.3. The van der Waals surface area contributed by atoms with Crippen molar-refractivity contribution in [2.45, 2.75) is 57.0 Å². The maximum absolute atomic E-state index is 11.9. The second-order valence-electron chi connectivity index (χ2n) is 6.50. The van der Waals surface area contributed by atoms with Crippen LogP contribution in [0.5, 0.6) is 0 Å². The molecule has 0 bridgehead atoms. The predicted octanol–water partition coefficient (Wildman–Crippen LogP) is 4.26. The number of thiophene rings is 1. The minimum Gasteiger partial charge on any atom is -0.332 e. The molecule has 2 fully saturated rings. The van der Waals surface area contributed by atoms with Gasteiger partial charge < -0.3 is 5.32 Å². The Morgan fingerprint density at radius 2 is 2.13 bits per heavy atom. The monoisotopic (exact) mass is 330 g/mol. The van der Waals surface area contributed by atoms with E-state index in [-0.39, 0.29) is 6.03 Å². The van der Waals surface area contributed by atoms with E-state index >= 15 is 0 Å². The maximum atomic E-state index is 11.9. The van der Waals surface area contributed by atoms with E-state index in [0.717, 1.165) is 10.7 Å². The van der Waals surface area contributed by atoms with Crippen LogP contribution in [0.1, 0.15) is 61.9 Å². The van der Waals surface area contributed by atoms with Gasteiger partial charge in [0.2, 0.25) is 0 Å². The van der Waals surface area contributed by atoms with Crippen molar-refractivity contribution in [3.8, 4) is 0 Å². The molecule has 0 aliphatic heterocycles. The van der Waals surface area contributed by atoms with E-state index in [2.05, 4.69) is 21.4 Å². The van der Waals surface area contributed by atoms with Gasteiger partial charge in [-0.05, 0) is 49.3 Å². The van der Waals surface area contributed by atoms with Gasteiger partial charge in [0.05, 0.1) is 23.3 Å². The van der Waals surface area contributed by atoms with Crippen LogP contribution in [-0.4, -0.2) is 15.8 Å². The molecular weight excluding hydrogens is 308 g/mol. The Hall–Kier alpha value is -1.82. The van der Waals surface area contributed by atoms with Gasteiger partial charge in [0.25, 0.3) is 0 Å². The Morgan fingerprint density at radius 3 is 2.83 bits per heavy atom. The number of hydrogen-bond acceptors (Lipinski definition) is 3. The van der Waals surface area contributed by atoms with Crippen molar-refractivity contribution in [3.05, 3.63) is 35.0 Å². The zero-order chi connectivity index (χ0) is 15.6. The van der Waals surface area contributed by atoms with Crippen LogP contribution in [-0.2, 0) is 6.54 Å². The number of carbonyl (C=O) groups is 1. The maximum Gasteiger partial charge on any atom is 0.320 e. The minimum atomic E-state index is -0.171. The fourth-order valence-electron chi connectivity index (χ4n) is 3.35. The average molecular weight is 330 g/mol. The van der Waals surface area contributed by atoms with Crippen LogP contribution in [0.15, 0.2) is 23.6 Å². The van der Waals surface area contributed by atoms with Gasteiger partial charge in [-0.15, -0.1) is 11.3 Å². The molecule has 0 unspecified atom stereocenters. The van der Waals surface area contributed by atoms with Gasteiger partial charge in [-0.2, -0.15) is 5.10 Å². The molecule has 2 aliphatic rings. The number of urea groups is 1. The van der Waals surface area contributed by atoms with Gasteiger partial charge >= 0.3 is 6.03 Å². The van der Waals surface area contributed by atoms with Gasteiger partial charge in [0, 0.05) is 11.6 Å². The fraction of sp³-hybridized carbons (Fsp3) is 0.529. The molecule has 2 heterocycles. The van der Waals surface area contributed by atoms with Gasteiger partial charge in [-0.3, -0.25) is 10.00 Å². The summed E-state index contributed by atoms with van der Waals surface area (Å²) in [6.45, 7) is 0.483. The van der Waals surface area contributed by atoms with Crippen molar-refractivity contribution in [2.24, 2.45) is 0 Å². The summed E-state index contributed by atoms with van der Waals surface area (Å²) in [4.78, 5) is 11.9. The molecule has 2 aromatic heterocycles. The molecular formula is C17H22N4OS. The number of amides is 2. The Labute approximate surface area is 140 Å². The number of rotatable bonds is 5. The highest BCUT2D eigenvalue weighted by Gasteiger charge is 2.31. The Bertz CT molecular complexity index is 669. The third-order valence-electron chi connectivity index (χ3n) is 4.67. The van der Waals surface area contributed by atoms with Crippen molar-refractivity contribution in [1.29, 1.82) is 0 Å². The summed E-state index contributed by atoms with van der Waals surface area (Å²) in [6.07, 6.45) is 7.67. The first-order valence-electron chi connectivity index (χ1n) is 8.46. The molecule has 2 amide bonds. The van der Waals surface area contributed by atoms with Crippen LogP contribution in [0.4, 0.5) is 9.80 Å². The van der Waals surface area contributed by atoms with E-state index in [4.69, 9.17) is 5.10 Å². The molecule has 2 N–H and O–H groups in total. The summed E-state index contributed by atoms with van der Waals surface area (Å²) in [5.74, 6) is 0.691. The van der Waals surface area contributed by atoms with Crippen LogP contribution in [0.2, 0.25) is 0 Å². The van der Waals surface area contributed by atoms with Crippen molar-refractivity contribution in [2.75, 3.05) is 5.32 Å². The first kappa shape index (κ1) is 14.8. The molecule has 0 saturated heterocycles.